The van der Waals surface area contributed by atoms with E-state index in [1.807, 2.05) is 16.7 Å². The summed E-state index contributed by atoms with van der Waals surface area (Å²) in [7, 11) is 0. The summed E-state index contributed by atoms with van der Waals surface area (Å²) in [6, 6.07) is 6.13. The van der Waals surface area contributed by atoms with Crippen molar-refractivity contribution in [1.29, 1.82) is 0 Å². The molecular formula is C13H18N2O2. The fraction of sp³-hybridized carbons (Fsp3) is 0.462. The van der Waals surface area contributed by atoms with E-state index in [-0.39, 0.29) is 13.2 Å². The van der Waals surface area contributed by atoms with Crippen LogP contribution < -0.4 is 0 Å². The molecule has 0 bridgehead atoms. The van der Waals surface area contributed by atoms with E-state index in [0.717, 1.165) is 11.0 Å². The van der Waals surface area contributed by atoms with Crippen LogP contribution in [0.5, 0.6) is 0 Å². The minimum Gasteiger partial charge on any atom is -0.395 e. The number of imidazole rings is 1. The van der Waals surface area contributed by atoms with Gasteiger partial charge in [0.25, 0.3) is 0 Å². The fourth-order valence-electron chi connectivity index (χ4n) is 2.03. The molecule has 0 radical (unpaired) electrons. The van der Waals surface area contributed by atoms with Crippen molar-refractivity contribution in [3.05, 3.63) is 29.6 Å². The van der Waals surface area contributed by atoms with E-state index in [2.05, 4.69) is 24.9 Å². The summed E-state index contributed by atoms with van der Waals surface area (Å²) in [6.07, 6.45) is 0. The van der Waals surface area contributed by atoms with Gasteiger partial charge < -0.3 is 14.8 Å². The number of aliphatic hydroxyl groups excluding tert-OH is 2. The third kappa shape index (κ3) is 2.18. The molecule has 0 saturated heterocycles. The zero-order valence-electron chi connectivity index (χ0n) is 10.2. The Labute approximate surface area is 101 Å². The van der Waals surface area contributed by atoms with Crippen LogP contribution >= 0.6 is 0 Å². The molecule has 2 rings (SSSR count). The Morgan fingerprint density at radius 1 is 1.29 bits per heavy atom. The van der Waals surface area contributed by atoms with Gasteiger partial charge in [-0.3, -0.25) is 0 Å². The predicted molar refractivity (Wildman–Crippen MR) is 66.8 cm³/mol. The molecule has 0 aliphatic heterocycles. The van der Waals surface area contributed by atoms with Crippen LogP contribution in [-0.2, 0) is 13.2 Å². The first-order valence-electron chi connectivity index (χ1n) is 5.88. The van der Waals surface area contributed by atoms with Crippen LogP contribution in [0.4, 0.5) is 0 Å². The van der Waals surface area contributed by atoms with Gasteiger partial charge in [0, 0.05) is 6.54 Å². The van der Waals surface area contributed by atoms with E-state index in [4.69, 9.17) is 5.11 Å². The minimum atomic E-state index is -0.105. The van der Waals surface area contributed by atoms with Crippen LogP contribution in [0.2, 0.25) is 0 Å². The normalized spacial score (nSPS) is 11.6. The van der Waals surface area contributed by atoms with E-state index >= 15 is 0 Å². The van der Waals surface area contributed by atoms with Gasteiger partial charge >= 0.3 is 0 Å². The molecule has 4 nitrogen and oxygen atoms in total. The lowest BCUT2D eigenvalue weighted by molar-refractivity contribution is 0.248. The largest absolute Gasteiger partial charge is 0.395 e. The van der Waals surface area contributed by atoms with E-state index in [1.54, 1.807) is 0 Å². The van der Waals surface area contributed by atoms with Crippen molar-refractivity contribution in [3.8, 4) is 0 Å². The van der Waals surface area contributed by atoms with Crippen molar-refractivity contribution < 1.29 is 10.2 Å². The number of aromatic nitrogens is 2. The standard InChI is InChI=1S/C13H18N2O2/c1-9(2)10-3-4-12-11(7-10)14-13(8-17)15(12)5-6-16/h3-4,7,9,16-17H,5-6,8H2,1-2H3. The predicted octanol–water partition coefficient (Wildman–Crippen LogP) is 1.64. The van der Waals surface area contributed by atoms with Gasteiger partial charge in [0.2, 0.25) is 0 Å². The molecule has 0 unspecified atom stereocenters. The molecule has 1 heterocycles. The Morgan fingerprint density at radius 3 is 2.65 bits per heavy atom. The van der Waals surface area contributed by atoms with Crippen molar-refractivity contribution in [2.24, 2.45) is 0 Å². The van der Waals surface area contributed by atoms with Crippen LogP contribution in [0.15, 0.2) is 18.2 Å². The minimum absolute atomic E-state index is 0.0460. The average Bonchev–Trinajstić information content (AvgIpc) is 2.67. The number of aliphatic hydroxyl groups is 2. The molecule has 0 amide bonds. The monoisotopic (exact) mass is 234 g/mol. The van der Waals surface area contributed by atoms with Crippen LogP contribution in [0, 0.1) is 0 Å². The Morgan fingerprint density at radius 2 is 2.06 bits per heavy atom. The molecule has 4 heteroatoms. The second-order valence-electron chi connectivity index (χ2n) is 4.46. The first-order valence-corrected chi connectivity index (χ1v) is 5.88. The van der Waals surface area contributed by atoms with Gasteiger partial charge in [-0.15, -0.1) is 0 Å². The molecule has 1 aromatic carbocycles. The maximum atomic E-state index is 9.26. The second kappa shape index (κ2) is 4.85. The van der Waals surface area contributed by atoms with Gasteiger partial charge in [0.15, 0.2) is 0 Å². The van der Waals surface area contributed by atoms with E-state index in [0.29, 0.717) is 18.3 Å². The summed E-state index contributed by atoms with van der Waals surface area (Å²) < 4.78 is 1.86. The highest BCUT2D eigenvalue weighted by atomic mass is 16.3. The molecule has 1 aromatic heterocycles. The number of benzene rings is 1. The van der Waals surface area contributed by atoms with E-state index in [9.17, 15) is 5.11 Å². The molecule has 0 atom stereocenters. The third-order valence-corrected chi connectivity index (χ3v) is 2.98. The smallest absolute Gasteiger partial charge is 0.135 e. The topological polar surface area (TPSA) is 58.3 Å². The SMILES string of the molecule is CC(C)c1ccc2c(c1)nc(CO)n2CCO. The summed E-state index contributed by atoms with van der Waals surface area (Å²) in [5, 5.41) is 18.3. The van der Waals surface area contributed by atoms with Crippen molar-refractivity contribution in [2.75, 3.05) is 6.61 Å². The lowest BCUT2D eigenvalue weighted by atomic mass is 10.0. The molecule has 0 fully saturated rings. The Bertz CT molecular complexity index is 517. The molecular weight excluding hydrogens is 216 g/mol. The quantitative estimate of drug-likeness (QED) is 0.845. The van der Waals surface area contributed by atoms with Crippen LogP contribution in [-0.4, -0.2) is 26.4 Å². The van der Waals surface area contributed by atoms with Gasteiger partial charge in [-0.1, -0.05) is 19.9 Å². The van der Waals surface area contributed by atoms with Crippen molar-refractivity contribution in [2.45, 2.75) is 32.9 Å². The highest BCUT2D eigenvalue weighted by molar-refractivity contribution is 5.77. The van der Waals surface area contributed by atoms with Crippen molar-refractivity contribution in [3.63, 3.8) is 0 Å². The van der Waals surface area contributed by atoms with Gasteiger partial charge in [-0.25, -0.2) is 4.98 Å². The number of fused-ring (bicyclic) bond motifs is 1. The lowest BCUT2D eigenvalue weighted by Gasteiger charge is -2.07. The maximum absolute atomic E-state index is 9.26. The summed E-state index contributed by atoms with van der Waals surface area (Å²) in [5.74, 6) is 1.06. The summed E-state index contributed by atoms with van der Waals surface area (Å²) in [4.78, 5) is 4.39. The fourth-order valence-corrected chi connectivity index (χ4v) is 2.03. The number of nitrogens with zero attached hydrogens (tertiary/aromatic N) is 2. The van der Waals surface area contributed by atoms with Crippen LogP contribution in [0.25, 0.3) is 11.0 Å². The Balaban J connectivity index is 2.57. The van der Waals surface area contributed by atoms with Crippen LogP contribution in [0.3, 0.4) is 0 Å². The second-order valence-corrected chi connectivity index (χ2v) is 4.46. The highest BCUT2D eigenvalue weighted by Crippen LogP contribution is 2.22. The maximum Gasteiger partial charge on any atom is 0.135 e. The first kappa shape index (κ1) is 12.1. The summed E-state index contributed by atoms with van der Waals surface area (Å²) in [6.45, 7) is 4.68. The van der Waals surface area contributed by atoms with E-state index < -0.39 is 0 Å². The summed E-state index contributed by atoms with van der Waals surface area (Å²) in [5.41, 5.74) is 3.08. The van der Waals surface area contributed by atoms with Gasteiger partial charge in [-0.2, -0.15) is 0 Å². The molecule has 0 saturated carbocycles. The molecule has 0 spiro atoms. The zero-order chi connectivity index (χ0) is 12.4. The molecule has 0 aliphatic carbocycles. The molecule has 2 N–H and O–H groups in total. The van der Waals surface area contributed by atoms with Crippen molar-refractivity contribution in [1.82, 2.24) is 9.55 Å². The zero-order valence-corrected chi connectivity index (χ0v) is 10.2. The van der Waals surface area contributed by atoms with Gasteiger partial charge in [-0.05, 0) is 23.6 Å². The highest BCUT2D eigenvalue weighted by Gasteiger charge is 2.10. The lowest BCUT2D eigenvalue weighted by Crippen LogP contribution is -2.06. The Kier molecular flexibility index (Phi) is 3.45. The number of hydrogen-bond donors (Lipinski definition) is 2. The summed E-state index contributed by atoms with van der Waals surface area (Å²) >= 11 is 0. The first-order chi connectivity index (χ1) is 8.17. The third-order valence-electron chi connectivity index (χ3n) is 2.98. The number of rotatable bonds is 4. The molecule has 0 aliphatic rings. The molecule has 92 valence electrons. The van der Waals surface area contributed by atoms with Crippen LogP contribution in [0.1, 0.15) is 31.2 Å². The van der Waals surface area contributed by atoms with Gasteiger partial charge in [0.05, 0.1) is 17.6 Å². The van der Waals surface area contributed by atoms with Gasteiger partial charge in [0.1, 0.15) is 12.4 Å². The van der Waals surface area contributed by atoms with Crippen molar-refractivity contribution >= 4 is 11.0 Å². The van der Waals surface area contributed by atoms with E-state index in [1.165, 1.54) is 5.56 Å². The number of hydrogen-bond acceptors (Lipinski definition) is 3. The molecule has 2 aromatic rings. The molecule has 17 heavy (non-hydrogen) atoms. The average molecular weight is 234 g/mol. The Hall–Kier alpha value is -1.39.